The predicted octanol–water partition coefficient (Wildman–Crippen LogP) is 3.10. The van der Waals surface area contributed by atoms with Gasteiger partial charge in [-0.25, -0.2) is 13.1 Å². The molecule has 1 aromatic rings. The molecule has 4 nitrogen and oxygen atoms in total. The Bertz CT molecular complexity index is 576. The number of sulfonamides is 1. The van der Waals surface area contributed by atoms with Gasteiger partial charge < -0.3 is 5.32 Å². The van der Waals surface area contributed by atoms with Crippen LogP contribution in [0.15, 0.2) is 15.7 Å². The van der Waals surface area contributed by atoms with E-state index in [1.165, 1.54) is 11.3 Å². The molecule has 1 aromatic heterocycles. The first-order chi connectivity index (χ1) is 9.71. The van der Waals surface area contributed by atoms with E-state index in [1.54, 1.807) is 6.07 Å². The summed E-state index contributed by atoms with van der Waals surface area (Å²) in [7, 11) is -3.39. The molecule has 0 spiro atoms. The molecule has 1 saturated carbocycles. The smallest absolute Gasteiger partial charge is 0.250 e. The Balaban J connectivity index is 2.06. The minimum atomic E-state index is -3.39. The van der Waals surface area contributed by atoms with E-state index in [1.807, 2.05) is 5.38 Å². The summed E-state index contributed by atoms with van der Waals surface area (Å²) in [6, 6.07) is 2.22. The standard InChI is InChI=1S/C15H26N2O2S2/c1-11(2)16-9-12-8-14(20-10-12)21(18,19)17-13-6-5-7-15(13,3)4/h8,10-11,13,16-17H,5-7,9H2,1-4H3. The van der Waals surface area contributed by atoms with Crippen molar-refractivity contribution in [1.29, 1.82) is 0 Å². The van der Waals surface area contributed by atoms with Gasteiger partial charge in [-0.15, -0.1) is 11.3 Å². The first kappa shape index (κ1) is 16.9. The molecule has 1 unspecified atom stereocenters. The van der Waals surface area contributed by atoms with Crippen LogP contribution in [0, 0.1) is 5.41 Å². The highest BCUT2D eigenvalue weighted by atomic mass is 32.2. The number of rotatable bonds is 6. The van der Waals surface area contributed by atoms with Gasteiger partial charge in [0.15, 0.2) is 0 Å². The maximum absolute atomic E-state index is 12.5. The van der Waals surface area contributed by atoms with Gasteiger partial charge in [-0.05, 0) is 35.3 Å². The lowest BCUT2D eigenvalue weighted by Crippen LogP contribution is -2.41. The van der Waals surface area contributed by atoms with E-state index in [0.717, 1.165) is 24.8 Å². The first-order valence-electron chi connectivity index (χ1n) is 7.54. The number of hydrogen-bond donors (Lipinski definition) is 2. The van der Waals surface area contributed by atoms with E-state index in [2.05, 4.69) is 37.7 Å². The maximum atomic E-state index is 12.5. The molecule has 2 N–H and O–H groups in total. The summed E-state index contributed by atoms with van der Waals surface area (Å²) in [5, 5.41) is 5.22. The molecule has 2 rings (SSSR count). The SMILES string of the molecule is CC(C)NCc1csc(S(=O)(=O)NC2CCCC2(C)C)c1. The second kappa shape index (κ2) is 6.36. The van der Waals surface area contributed by atoms with Crippen LogP contribution < -0.4 is 10.0 Å². The Hall–Kier alpha value is -0.430. The summed E-state index contributed by atoms with van der Waals surface area (Å²) in [6.07, 6.45) is 3.10. The van der Waals surface area contributed by atoms with E-state index in [4.69, 9.17) is 0 Å². The molecule has 0 radical (unpaired) electrons. The molecule has 0 aliphatic heterocycles. The predicted molar refractivity (Wildman–Crippen MR) is 88.0 cm³/mol. The quantitative estimate of drug-likeness (QED) is 0.842. The van der Waals surface area contributed by atoms with E-state index in [0.29, 0.717) is 16.8 Å². The normalized spacial score (nSPS) is 22.0. The molecule has 0 saturated heterocycles. The van der Waals surface area contributed by atoms with Crippen molar-refractivity contribution in [3.63, 3.8) is 0 Å². The van der Waals surface area contributed by atoms with Crippen LogP contribution in [0.25, 0.3) is 0 Å². The Morgan fingerprint density at radius 1 is 1.43 bits per heavy atom. The van der Waals surface area contributed by atoms with Gasteiger partial charge >= 0.3 is 0 Å². The van der Waals surface area contributed by atoms with Crippen molar-refractivity contribution in [1.82, 2.24) is 10.0 Å². The van der Waals surface area contributed by atoms with Crippen molar-refractivity contribution in [2.24, 2.45) is 5.41 Å². The zero-order chi connectivity index (χ0) is 15.7. The van der Waals surface area contributed by atoms with Gasteiger partial charge in [0.2, 0.25) is 10.0 Å². The van der Waals surface area contributed by atoms with Crippen molar-refractivity contribution in [2.75, 3.05) is 0 Å². The fraction of sp³-hybridized carbons (Fsp3) is 0.733. The Labute approximate surface area is 132 Å². The lowest BCUT2D eigenvalue weighted by atomic mass is 9.88. The Morgan fingerprint density at radius 2 is 2.14 bits per heavy atom. The molecule has 1 atom stereocenters. The number of hydrogen-bond acceptors (Lipinski definition) is 4. The van der Waals surface area contributed by atoms with Gasteiger partial charge in [0.05, 0.1) is 0 Å². The van der Waals surface area contributed by atoms with Crippen LogP contribution in [0.5, 0.6) is 0 Å². The van der Waals surface area contributed by atoms with Gasteiger partial charge in [0, 0.05) is 18.6 Å². The fourth-order valence-corrected chi connectivity index (χ4v) is 5.37. The lowest BCUT2D eigenvalue weighted by molar-refractivity contribution is 0.313. The topological polar surface area (TPSA) is 58.2 Å². The highest BCUT2D eigenvalue weighted by Crippen LogP contribution is 2.38. The van der Waals surface area contributed by atoms with Gasteiger partial charge in [0.1, 0.15) is 4.21 Å². The van der Waals surface area contributed by atoms with Crippen molar-refractivity contribution in [2.45, 2.75) is 69.8 Å². The molecule has 1 aliphatic rings. The van der Waals surface area contributed by atoms with E-state index >= 15 is 0 Å². The zero-order valence-corrected chi connectivity index (χ0v) is 14.9. The highest BCUT2D eigenvalue weighted by molar-refractivity contribution is 7.91. The average Bonchev–Trinajstić information content (AvgIpc) is 2.95. The third kappa shape index (κ3) is 4.28. The van der Waals surface area contributed by atoms with Crippen molar-refractivity contribution in [3.05, 3.63) is 17.0 Å². The van der Waals surface area contributed by atoms with Crippen molar-refractivity contribution in [3.8, 4) is 0 Å². The summed E-state index contributed by atoms with van der Waals surface area (Å²) in [5.41, 5.74) is 1.08. The maximum Gasteiger partial charge on any atom is 0.250 e. The van der Waals surface area contributed by atoms with E-state index < -0.39 is 10.0 Å². The van der Waals surface area contributed by atoms with E-state index in [9.17, 15) is 8.42 Å². The molecule has 1 aliphatic carbocycles. The minimum absolute atomic E-state index is 0.0434. The molecular formula is C15H26N2O2S2. The van der Waals surface area contributed by atoms with Crippen LogP contribution in [0.3, 0.4) is 0 Å². The van der Waals surface area contributed by atoms with Crippen LogP contribution >= 0.6 is 11.3 Å². The summed E-state index contributed by atoms with van der Waals surface area (Å²) in [4.78, 5) is 0. The average molecular weight is 331 g/mol. The third-order valence-electron chi connectivity index (χ3n) is 4.16. The van der Waals surface area contributed by atoms with Crippen LogP contribution in [0.2, 0.25) is 0 Å². The summed E-state index contributed by atoms with van der Waals surface area (Å²) < 4.78 is 28.3. The van der Waals surface area contributed by atoms with Gasteiger partial charge in [-0.3, -0.25) is 0 Å². The summed E-state index contributed by atoms with van der Waals surface area (Å²) >= 11 is 1.30. The van der Waals surface area contributed by atoms with E-state index in [-0.39, 0.29) is 11.5 Å². The Morgan fingerprint density at radius 3 is 2.71 bits per heavy atom. The molecular weight excluding hydrogens is 304 g/mol. The summed E-state index contributed by atoms with van der Waals surface area (Å²) in [5.74, 6) is 0. The van der Waals surface area contributed by atoms with Crippen LogP contribution in [-0.2, 0) is 16.6 Å². The molecule has 0 aromatic carbocycles. The van der Waals surface area contributed by atoms with Gasteiger partial charge in [-0.1, -0.05) is 34.1 Å². The van der Waals surface area contributed by atoms with Crippen molar-refractivity contribution < 1.29 is 8.42 Å². The lowest BCUT2D eigenvalue weighted by Gasteiger charge is -2.27. The monoisotopic (exact) mass is 330 g/mol. The molecule has 1 fully saturated rings. The van der Waals surface area contributed by atoms with Crippen LogP contribution in [0.4, 0.5) is 0 Å². The zero-order valence-electron chi connectivity index (χ0n) is 13.3. The molecule has 21 heavy (non-hydrogen) atoms. The molecule has 6 heteroatoms. The van der Waals surface area contributed by atoms with Gasteiger partial charge in [-0.2, -0.15) is 0 Å². The minimum Gasteiger partial charge on any atom is -0.310 e. The Kier molecular flexibility index (Phi) is 5.13. The number of nitrogens with one attached hydrogen (secondary N) is 2. The molecule has 1 heterocycles. The van der Waals surface area contributed by atoms with Crippen molar-refractivity contribution >= 4 is 21.4 Å². The molecule has 120 valence electrons. The third-order valence-corrected chi connectivity index (χ3v) is 7.12. The van der Waals surface area contributed by atoms with Crippen LogP contribution in [0.1, 0.15) is 52.5 Å². The second-order valence-electron chi connectivity index (χ2n) is 6.86. The number of thiophene rings is 1. The van der Waals surface area contributed by atoms with Gasteiger partial charge in [0.25, 0.3) is 0 Å². The molecule has 0 bridgehead atoms. The first-order valence-corrected chi connectivity index (χ1v) is 9.90. The summed E-state index contributed by atoms with van der Waals surface area (Å²) in [6.45, 7) is 9.14. The fourth-order valence-electron chi connectivity index (χ4n) is 2.70. The largest absolute Gasteiger partial charge is 0.310 e. The van der Waals surface area contributed by atoms with Crippen LogP contribution in [-0.4, -0.2) is 20.5 Å². The highest BCUT2D eigenvalue weighted by Gasteiger charge is 2.37. The molecule has 0 amide bonds. The second-order valence-corrected chi connectivity index (χ2v) is 9.72.